The highest BCUT2D eigenvalue weighted by Gasteiger charge is 2.14. The van der Waals surface area contributed by atoms with Gasteiger partial charge in [-0.05, 0) is 38.8 Å². The maximum absolute atomic E-state index is 4.35. The molecule has 2 aromatic heterocycles. The summed E-state index contributed by atoms with van der Waals surface area (Å²) in [5.41, 5.74) is 0.809. The zero-order valence-corrected chi connectivity index (χ0v) is 10.6. The minimum absolute atomic E-state index is 0.720. The molecule has 0 unspecified atom stereocenters. The molecular formula is C12H18N6. The normalized spacial score (nSPS) is 17.2. The molecule has 0 amide bonds. The van der Waals surface area contributed by atoms with E-state index in [2.05, 4.69) is 25.8 Å². The number of fused-ring (bicyclic) bond motifs is 1. The molecule has 0 spiro atoms. The van der Waals surface area contributed by atoms with Crippen LogP contribution in [0.2, 0.25) is 0 Å². The molecule has 1 fully saturated rings. The number of nitrogens with zero attached hydrogens (tertiary/aromatic N) is 4. The fourth-order valence-corrected chi connectivity index (χ4v) is 2.39. The number of aromatic nitrogens is 4. The average Bonchev–Trinajstić information content (AvgIpc) is 2.80. The predicted octanol–water partition coefficient (Wildman–Crippen LogP) is 0.844. The second-order valence-electron chi connectivity index (χ2n) is 4.79. The molecule has 1 aliphatic heterocycles. The number of hydrogen-bond donors (Lipinski definition) is 2. The van der Waals surface area contributed by atoms with Crippen molar-refractivity contribution >= 4 is 11.5 Å². The smallest absolute Gasteiger partial charge is 0.203 e. The first-order chi connectivity index (χ1) is 8.84. The minimum atomic E-state index is 0.720. The van der Waals surface area contributed by atoms with Crippen molar-refractivity contribution in [2.45, 2.75) is 19.8 Å². The Hall–Kier alpha value is -1.69. The van der Waals surface area contributed by atoms with E-state index in [0.717, 1.165) is 42.8 Å². The lowest BCUT2D eigenvalue weighted by molar-refractivity contribution is 0.389. The summed E-state index contributed by atoms with van der Waals surface area (Å²) in [4.78, 5) is 4.35. The van der Waals surface area contributed by atoms with Gasteiger partial charge in [-0.1, -0.05) is 0 Å². The first kappa shape index (κ1) is 11.4. The zero-order valence-electron chi connectivity index (χ0n) is 10.6. The largest absolute Gasteiger partial charge is 0.367 e. The molecule has 0 bridgehead atoms. The second kappa shape index (κ2) is 4.89. The molecule has 6 heteroatoms. The topological polar surface area (TPSA) is 67.1 Å². The molecule has 6 nitrogen and oxygen atoms in total. The lowest BCUT2D eigenvalue weighted by Gasteiger charge is -2.22. The Labute approximate surface area is 106 Å². The maximum Gasteiger partial charge on any atom is 0.203 e. The Balaban J connectivity index is 1.74. The Morgan fingerprint density at radius 1 is 1.39 bits per heavy atom. The van der Waals surface area contributed by atoms with Gasteiger partial charge in [0.25, 0.3) is 0 Å². The summed E-state index contributed by atoms with van der Waals surface area (Å²) < 4.78 is 1.96. The van der Waals surface area contributed by atoms with Crippen LogP contribution < -0.4 is 10.6 Å². The van der Waals surface area contributed by atoms with Gasteiger partial charge in [0.1, 0.15) is 5.82 Å². The Bertz CT molecular complexity index is 528. The van der Waals surface area contributed by atoms with Gasteiger partial charge in [-0.15, -0.1) is 10.2 Å². The van der Waals surface area contributed by atoms with Gasteiger partial charge in [-0.25, -0.2) is 4.98 Å². The zero-order chi connectivity index (χ0) is 12.4. The van der Waals surface area contributed by atoms with Gasteiger partial charge in [-0.2, -0.15) is 0 Å². The fourth-order valence-electron chi connectivity index (χ4n) is 2.39. The van der Waals surface area contributed by atoms with Gasteiger partial charge in [0.05, 0.1) is 0 Å². The number of rotatable bonds is 3. The fraction of sp³-hybridized carbons (Fsp3) is 0.583. The highest BCUT2D eigenvalue weighted by molar-refractivity contribution is 5.61. The van der Waals surface area contributed by atoms with Gasteiger partial charge in [0.2, 0.25) is 5.65 Å². The first-order valence-electron chi connectivity index (χ1n) is 6.45. The molecule has 2 N–H and O–H groups in total. The van der Waals surface area contributed by atoms with E-state index < -0.39 is 0 Å². The third kappa shape index (κ3) is 2.15. The molecule has 96 valence electrons. The molecule has 3 heterocycles. The monoisotopic (exact) mass is 246 g/mol. The summed E-state index contributed by atoms with van der Waals surface area (Å²) in [7, 11) is 0. The summed E-state index contributed by atoms with van der Waals surface area (Å²) in [6.07, 6.45) is 6.12. The van der Waals surface area contributed by atoms with Crippen LogP contribution in [0, 0.1) is 12.8 Å². The maximum atomic E-state index is 4.35. The Morgan fingerprint density at radius 2 is 2.22 bits per heavy atom. The van der Waals surface area contributed by atoms with E-state index in [9.17, 15) is 0 Å². The van der Waals surface area contributed by atoms with Crippen molar-refractivity contribution in [2.75, 3.05) is 25.0 Å². The summed E-state index contributed by atoms with van der Waals surface area (Å²) in [6, 6.07) is 0. The van der Waals surface area contributed by atoms with Crippen molar-refractivity contribution in [1.29, 1.82) is 0 Å². The molecule has 1 aliphatic rings. The molecule has 0 atom stereocenters. The second-order valence-corrected chi connectivity index (χ2v) is 4.79. The quantitative estimate of drug-likeness (QED) is 0.840. The van der Waals surface area contributed by atoms with E-state index in [1.54, 1.807) is 6.20 Å². The van der Waals surface area contributed by atoms with Crippen molar-refractivity contribution in [2.24, 2.45) is 5.92 Å². The van der Waals surface area contributed by atoms with Crippen LogP contribution in [0.4, 0.5) is 5.82 Å². The lowest BCUT2D eigenvalue weighted by atomic mass is 9.98. The van der Waals surface area contributed by atoms with Crippen molar-refractivity contribution < 1.29 is 0 Å². The van der Waals surface area contributed by atoms with Crippen LogP contribution in [0.1, 0.15) is 18.7 Å². The molecule has 0 saturated carbocycles. The van der Waals surface area contributed by atoms with Crippen LogP contribution in [0.15, 0.2) is 12.4 Å². The van der Waals surface area contributed by atoms with Crippen molar-refractivity contribution in [3.05, 3.63) is 18.2 Å². The Kier molecular flexibility index (Phi) is 3.10. The molecule has 0 aliphatic carbocycles. The highest BCUT2D eigenvalue weighted by Crippen LogP contribution is 2.15. The lowest BCUT2D eigenvalue weighted by Crippen LogP contribution is -2.31. The van der Waals surface area contributed by atoms with Crippen LogP contribution in [0.5, 0.6) is 0 Å². The summed E-state index contributed by atoms with van der Waals surface area (Å²) in [6.45, 7) is 5.14. The van der Waals surface area contributed by atoms with E-state index >= 15 is 0 Å². The van der Waals surface area contributed by atoms with Gasteiger partial charge in [-0.3, -0.25) is 4.40 Å². The summed E-state index contributed by atoms with van der Waals surface area (Å²) in [5, 5.41) is 15.0. The molecule has 3 rings (SSSR count). The van der Waals surface area contributed by atoms with Crippen LogP contribution in [0.3, 0.4) is 0 Å². The number of piperidine rings is 1. The van der Waals surface area contributed by atoms with Crippen LogP contribution >= 0.6 is 0 Å². The number of hydrogen-bond acceptors (Lipinski definition) is 5. The van der Waals surface area contributed by atoms with E-state index in [-0.39, 0.29) is 0 Å². The molecular weight excluding hydrogens is 228 g/mol. The van der Waals surface area contributed by atoms with Crippen molar-refractivity contribution in [1.82, 2.24) is 24.9 Å². The van der Waals surface area contributed by atoms with E-state index in [4.69, 9.17) is 0 Å². The average molecular weight is 246 g/mol. The van der Waals surface area contributed by atoms with Gasteiger partial charge < -0.3 is 10.6 Å². The number of aryl methyl sites for hydroxylation is 1. The molecule has 0 radical (unpaired) electrons. The highest BCUT2D eigenvalue weighted by atomic mass is 15.3. The van der Waals surface area contributed by atoms with E-state index in [0.29, 0.717) is 0 Å². The third-order valence-electron chi connectivity index (χ3n) is 3.51. The molecule has 0 aromatic carbocycles. The SMILES string of the molecule is Cc1nnc2c(NCC3CCNCC3)nccn12. The molecule has 2 aromatic rings. The predicted molar refractivity (Wildman–Crippen MR) is 69.6 cm³/mol. The number of nitrogens with one attached hydrogen (secondary N) is 2. The summed E-state index contributed by atoms with van der Waals surface area (Å²) >= 11 is 0. The first-order valence-corrected chi connectivity index (χ1v) is 6.45. The molecule has 1 saturated heterocycles. The molecule has 18 heavy (non-hydrogen) atoms. The van der Waals surface area contributed by atoms with E-state index in [1.165, 1.54) is 12.8 Å². The van der Waals surface area contributed by atoms with Gasteiger partial charge in [0.15, 0.2) is 5.82 Å². The standard InChI is InChI=1S/C12H18N6/c1-9-16-17-12-11(14-6-7-18(9)12)15-8-10-2-4-13-5-3-10/h6-7,10,13H,2-5,8H2,1H3,(H,14,15). The van der Waals surface area contributed by atoms with Gasteiger partial charge >= 0.3 is 0 Å². The van der Waals surface area contributed by atoms with E-state index in [1.807, 2.05) is 17.5 Å². The third-order valence-corrected chi connectivity index (χ3v) is 3.51. The van der Waals surface area contributed by atoms with Gasteiger partial charge in [0, 0.05) is 18.9 Å². The number of anilines is 1. The minimum Gasteiger partial charge on any atom is -0.367 e. The summed E-state index contributed by atoms with van der Waals surface area (Å²) in [5.74, 6) is 2.44. The Morgan fingerprint density at radius 3 is 3.06 bits per heavy atom. The van der Waals surface area contributed by atoms with Crippen molar-refractivity contribution in [3.63, 3.8) is 0 Å². The van der Waals surface area contributed by atoms with Crippen molar-refractivity contribution in [3.8, 4) is 0 Å². The van der Waals surface area contributed by atoms with Crippen LogP contribution in [-0.2, 0) is 0 Å². The van der Waals surface area contributed by atoms with Crippen LogP contribution in [0.25, 0.3) is 5.65 Å². The van der Waals surface area contributed by atoms with Crippen LogP contribution in [-0.4, -0.2) is 39.2 Å².